The summed E-state index contributed by atoms with van der Waals surface area (Å²) >= 11 is 0. The highest BCUT2D eigenvalue weighted by Crippen LogP contribution is 2.20. The number of carboxylic acid groups (broad SMARTS) is 1. The van der Waals surface area contributed by atoms with E-state index < -0.39 is 12.0 Å². The highest BCUT2D eigenvalue weighted by atomic mass is 16.4. The van der Waals surface area contributed by atoms with Crippen LogP contribution in [0.3, 0.4) is 0 Å². The van der Waals surface area contributed by atoms with Crippen molar-refractivity contribution in [3.8, 4) is 0 Å². The molecule has 0 bridgehead atoms. The van der Waals surface area contributed by atoms with Crippen LogP contribution in [0.15, 0.2) is 30.3 Å². The zero-order valence-corrected chi connectivity index (χ0v) is 12.7. The van der Waals surface area contributed by atoms with Gasteiger partial charge in [-0.1, -0.05) is 18.2 Å². The molecular formula is C16H20N2O4. The molecule has 22 heavy (non-hydrogen) atoms. The SMILES string of the molecule is CC(=O)N1[C@@H](CC(=O)O)CN(C(=O)c2ccccc2)C[C@@H]1C. The van der Waals surface area contributed by atoms with Gasteiger partial charge in [-0.2, -0.15) is 0 Å². The maximum Gasteiger partial charge on any atom is 0.305 e. The standard InChI is InChI=1S/C16H20N2O4/c1-11-9-17(16(22)13-6-4-3-5-7-13)10-14(8-15(20)21)18(11)12(2)19/h3-7,11,14H,8-10H2,1-2H3,(H,20,21)/t11-,14-/m0/s1. The number of carbonyl (C=O) groups is 3. The number of hydrogen-bond donors (Lipinski definition) is 1. The molecule has 118 valence electrons. The van der Waals surface area contributed by atoms with Crippen molar-refractivity contribution >= 4 is 17.8 Å². The summed E-state index contributed by atoms with van der Waals surface area (Å²) in [6.45, 7) is 3.91. The molecule has 1 heterocycles. The lowest BCUT2D eigenvalue weighted by molar-refractivity contribution is -0.143. The van der Waals surface area contributed by atoms with Gasteiger partial charge in [0.2, 0.25) is 5.91 Å². The van der Waals surface area contributed by atoms with E-state index in [0.29, 0.717) is 12.1 Å². The van der Waals surface area contributed by atoms with Crippen LogP contribution in [0.25, 0.3) is 0 Å². The third kappa shape index (κ3) is 3.44. The van der Waals surface area contributed by atoms with Crippen molar-refractivity contribution < 1.29 is 19.5 Å². The number of amides is 2. The third-order valence-corrected chi connectivity index (χ3v) is 3.87. The Bertz CT molecular complexity index is 573. The number of piperazine rings is 1. The highest BCUT2D eigenvalue weighted by Gasteiger charge is 2.36. The van der Waals surface area contributed by atoms with E-state index in [-0.39, 0.29) is 30.8 Å². The van der Waals surface area contributed by atoms with Crippen LogP contribution in [0.4, 0.5) is 0 Å². The van der Waals surface area contributed by atoms with Crippen LogP contribution >= 0.6 is 0 Å². The molecular weight excluding hydrogens is 284 g/mol. The molecule has 0 spiro atoms. The fourth-order valence-electron chi connectivity index (χ4n) is 3.04. The van der Waals surface area contributed by atoms with Gasteiger partial charge in [0, 0.05) is 31.6 Å². The largest absolute Gasteiger partial charge is 0.481 e. The molecule has 1 aromatic rings. The van der Waals surface area contributed by atoms with Gasteiger partial charge in [-0.3, -0.25) is 14.4 Å². The maximum atomic E-state index is 12.5. The van der Waals surface area contributed by atoms with Gasteiger partial charge in [-0.05, 0) is 19.1 Å². The van der Waals surface area contributed by atoms with E-state index in [1.54, 1.807) is 34.1 Å². The Morgan fingerprint density at radius 2 is 1.82 bits per heavy atom. The number of aliphatic carboxylic acids is 1. The van der Waals surface area contributed by atoms with Gasteiger partial charge in [-0.15, -0.1) is 0 Å². The molecule has 1 saturated heterocycles. The van der Waals surface area contributed by atoms with E-state index in [9.17, 15) is 14.4 Å². The summed E-state index contributed by atoms with van der Waals surface area (Å²) in [5.41, 5.74) is 0.569. The normalized spacial score (nSPS) is 21.5. The summed E-state index contributed by atoms with van der Waals surface area (Å²) in [7, 11) is 0. The van der Waals surface area contributed by atoms with Gasteiger partial charge in [0.25, 0.3) is 5.91 Å². The van der Waals surface area contributed by atoms with Gasteiger partial charge in [0.15, 0.2) is 0 Å². The Hall–Kier alpha value is -2.37. The Kier molecular flexibility index (Phi) is 4.80. The molecule has 2 atom stereocenters. The van der Waals surface area contributed by atoms with Crippen molar-refractivity contribution in [2.24, 2.45) is 0 Å². The number of hydrogen-bond acceptors (Lipinski definition) is 3. The molecule has 0 aliphatic carbocycles. The molecule has 1 N–H and O–H groups in total. The number of benzene rings is 1. The molecule has 1 aliphatic rings. The Labute approximate surface area is 129 Å². The summed E-state index contributed by atoms with van der Waals surface area (Å²) in [5, 5.41) is 9.05. The Balaban J connectivity index is 2.20. The van der Waals surface area contributed by atoms with Crippen LogP contribution in [0.1, 0.15) is 30.6 Å². The van der Waals surface area contributed by atoms with Gasteiger partial charge >= 0.3 is 5.97 Å². The van der Waals surface area contributed by atoms with Crippen LogP contribution in [-0.2, 0) is 9.59 Å². The van der Waals surface area contributed by atoms with Crippen LogP contribution in [0.2, 0.25) is 0 Å². The number of carbonyl (C=O) groups excluding carboxylic acids is 2. The van der Waals surface area contributed by atoms with Crippen LogP contribution in [0, 0.1) is 0 Å². The minimum absolute atomic E-state index is 0.133. The highest BCUT2D eigenvalue weighted by molar-refractivity contribution is 5.94. The van der Waals surface area contributed by atoms with E-state index in [1.807, 2.05) is 13.0 Å². The molecule has 0 radical (unpaired) electrons. The molecule has 6 heteroatoms. The van der Waals surface area contributed by atoms with Crippen molar-refractivity contribution in [3.63, 3.8) is 0 Å². The minimum atomic E-state index is -0.975. The summed E-state index contributed by atoms with van der Waals surface area (Å²) in [4.78, 5) is 38.6. The van der Waals surface area contributed by atoms with Gasteiger partial charge in [0.05, 0.1) is 12.5 Å². The average Bonchev–Trinajstić information content (AvgIpc) is 2.45. The quantitative estimate of drug-likeness (QED) is 0.911. The minimum Gasteiger partial charge on any atom is -0.481 e. The summed E-state index contributed by atoms with van der Waals surface area (Å²) < 4.78 is 0. The second-order valence-electron chi connectivity index (χ2n) is 5.60. The smallest absolute Gasteiger partial charge is 0.305 e. The molecule has 6 nitrogen and oxygen atoms in total. The average molecular weight is 304 g/mol. The fourth-order valence-corrected chi connectivity index (χ4v) is 3.04. The van der Waals surface area contributed by atoms with Gasteiger partial charge in [0.1, 0.15) is 0 Å². The zero-order chi connectivity index (χ0) is 16.3. The molecule has 0 saturated carbocycles. The van der Waals surface area contributed by atoms with Crippen molar-refractivity contribution in [2.75, 3.05) is 13.1 Å². The lowest BCUT2D eigenvalue weighted by Gasteiger charge is -2.45. The van der Waals surface area contributed by atoms with Crippen molar-refractivity contribution in [1.29, 1.82) is 0 Å². The first-order chi connectivity index (χ1) is 10.4. The van der Waals surface area contributed by atoms with Crippen LogP contribution in [0.5, 0.6) is 0 Å². The summed E-state index contributed by atoms with van der Waals surface area (Å²) in [6.07, 6.45) is -0.164. The van der Waals surface area contributed by atoms with Gasteiger partial charge in [-0.25, -0.2) is 0 Å². The van der Waals surface area contributed by atoms with E-state index in [1.165, 1.54) is 6.92 Å². The second kappa shape index (κ2) is 6.60. The number of carboxylic acids is 1. The molecule has 2 rings (SSSR count). The first-order valence-corrected chi connectivity index (χ1v) is 7.25. The first-order valence-electron chi connectivity index (χ1n) is 7.25. The molecule has 2 amide bonds. The summed E-state index contributed by atoms with van der Waals surface area (Å²) in [5.74, 6) is -1.27. The van der Waals surface area contributed by atoms with Crippen molar-refractivity contribution in [3.05, 3.63) is 35.9 Å². The topological polar surface area (TPSA) is 77.9 Å². The van der Waals surface area contributed by atoms with Crippen LogP contribution in [-0.4, -0.2) is 57.9 Å². The van der Waals surface area contributed by atoms with E-state index >= 15 is 0 Å². The zero-order valence-electron chi connectivity index (χ0n) is 12.7. The summed E-state index contributed by atoms with van der Waals surface area (Å²) in [6, 6.07) is 8.18. The maximum absolute atomic E-state index is 12.5. The predicted octanol–water partition coefficient (Wildman–Crippen LogP) is 1.22. The monoisotopic (exact) mass is 304 g/mol. The Morgan fingerprint density at radius 1 is 1.18 bits per heavy atom. The molecule has 0 aromatic heterocycles. The second-order valence-corrected chi connectivity index (χ2v) is 5.60. The van der Waals surface area contributed by atoms with E-state index in [2.05, 4.69) is 0 Å². The van der Waals surface area contributed by atoms with E-state index in [4.69, 9.17) is 5.11 Å². The Morgan fingerprint density at radius 3 is 2.36 bits per heavy atom. The predicted molar refractivity (Wildman–Crippen MR) is 80.4 cm³/mol. The molecule has 1 aromatic carbocycles. The van der Waals surface area contributed by atoms with Crippen molar-refractivity contribution in [2.45, 2.75) is 32.4 Å². The molecule has 1 aliphatic heterocycles. The third-order valence-electron chi connectivity index (χ3n) is 3.87. The fraction of sp³-hybridized carbons (Fsp3) is 0.438. The van der Waals surface area contributed by atoms with Crippen LogP contribution < -0.4 is 0 Å². The van der Waals surface area contributed by atoms with Gasteiger partial charge < -0.3 is 14.9 Å². The number of nitrogens with zero attached hydrogens (tertiary/aromatic N) is 2. The van der Waals surface area contributed by atoms with Crippen molar-refractivity contribution in [1.82, 2.24) is 9.80 Å². The first kappa shape index (κ1) is 16.0. The molecule has 0 unspecified atom stereocenters. The van der Waals surface area contributed by atoms with E-state index in [0.717, 1.165) is 0 Å². The molecule has 1 fully saturated rings. The lowest BCUT2D eigenvalue weighted by atomic mass is 10.0. The lowest BCUT2D eigenvalue weighted by Crippen LogP contribution is -2.60. The number of rotatable bonds is 3.